The molecule has 0 aromatic heterocycles. The van der Waals surface area contributed by atoms with Gasteiger partial charge in [-0.3, -0.25) is 0 Å². The summed E-state index contributed by atoms with van der Waals surface area (Å²) in [6.07, 6.45) is 3.50. The van der Waals surface area contributed by atoms with Crippen LogP contribution in [-0.2, 0) is 6.42 Å². The van der Waals surface area contributed by atoms with Crippen LogP contribution >= 0.6 is 15.9 Å². The lowest BCUT2D eigenvalue weighted by Gasteiger charge is -2.15. The van der Waals surface area contributed by atoms with Crippen LogP contribution in [-0.4, -0.2) is 13.1 Å². The molecule has 0 unspecified atom stereocenters. The zero-order valence-corrected chi connectivity index (χ0v) is 11.1. The SMILES string of the molecule is CCNCC1(Cc2cc(F)cc(Br)c2)CC1. The molecule has 3 heteroatoms. The summed E-state index contributed by atoms with van der Waals surface area (Å²) in [4.78, 5) is 0. The van der Waals surface area contributed by atoms with E-state index >= 15 is 0 Å². The van der Waals surface area contributed by atoms with Crippen LogP contribution in [0.15, 0.2) is 22.7 Å². The van der Waals surface area contributed by atoms with Crippen molar-refractivity contribution in [2.75, 3.05) is 13.1 Å². The lowest BCUT2D eigenvalue weighted by atomic mass is 9.96. The maximum Gasteiger partial charge on any atom is 0.124 e. The second kappa shape index (κ2) is 4.84. The zero-order valence-electron chi connectivity index (χ0n) is 9.52. The van der Waals surface area contributed by atoms with Gasteiger partial charge in [0.2, 0.25) is 0 Å². The largest absolute Gasteiger partial charge is 0.316 e. The van der Waals surface area contributed by atoms with Crippen molar-refractivity contribution in [1.29, 1.82) is 0 Å². The predicted octanol–water partition coefficient (Wildman–Crippen LogP) is 3.52. The number of benzene rings is 1. The molecule has 0 amide bonds. The molecule has 0 spiro atoms. The minimum Gasteiger partial charge on any atom is -0.316 e. The summed E-state index contributed by atoms with van der Waals surface area (Å²) < 4.78 is 14.1. The second-order valence-electron chi connectivity index (χ2n) is 4.73. The van der Waals surface area contributed by atoms with Crippen LogP contribution in [0.1, 0.15) is 25.3 Å². The first kappa shape index (κ1) is 12.1. The Bertz CT molecular complexity index is 354. The molecule has 1 aliphatic rings. The Labute approximate surface area is 105 Å². The van der Waals surface area contributed by atoms with Crippen LogP contribution in [0.25, 0.3) is 0 Å². The zero-order chi connectivity index (χ0) is 11.6. The highest BCUT2D eigenvalue weighted by molar-refractivity contribution is 9.10. The Morgan fingerprint density at radius 3 is 2.69 bits per heavy atom. The summed E-state index contributed by atoms with van der Waals surface area (Å²) >= 11 is 3.34. The summed E-state index contributed by atoms with van der Waals surface area (Å²) in [5.74, 6) is -0.149. The van der Waals surface area contributed by atoms with Crippen LogP contribution in [0.3, 0.4) is 0 Å². The third-order valence-corrected chi connectivity index (χ3v) is 3.67. The normalized spacial score (nSPS) is 17.4. The maximum absolute atomic E-state index is 13.2. The van der Waals surface area contributed by atoms with Crippen LogP contribution in [0, 0.1) is 11.2 Å². The minimum absolute atomic E-state index is 0.149. The van der Waals surface area contributed by atoms with Crippen LogP contribution in [0.5, 0.6) is 0 Å². The van der Waals surface area contributed by atoms with E-state index in [0.717, 1.165) is 29.5 Å². The third kappa shape index (κ3) is 3.05. The number of hydrogen-bond donors (Lipinski definition) is 1. The van der Waals surface area contributed by atoms with Crippen LogP contribution in [0.4, 0.5) is 4.39 Å². The van der Waals surface area contributed by atoms with E-state index in [1.165, 1.54) is 18.9 Å². The predicted molar refractivity (Wildman–Crippen MR) is 68.0 cm³/mol. The summed E-state index contributed by atoms with van der Waals surface area (Å²) in [6, 6.07) is 5.18. The molecule has 1 aromatic carbocycles. The number of halogens is 2. The molecule has 0 saturated heterocycles. The molecule has 1 N–H and O–H groups in total. The van der Waals surface area contributed by atoms with Crippen LogP contribution in [0.2, 0.25) is 0 Å². The van der Waals surface area contributed by atoms with Crippen LogP contribution < -0.4 is 5.32 Å². The molecule has 2 rings (SSSR count). The van der Waals surface area contributed by atoms with Gasteiger partial charge in [0.15, 0.2) is 0 Å². The van der Waals surface area contributed by atoms with E-state index in [-0.39, 0.29) is 5.82 Å². The Morgan fingerprint density at radius 1 is 1.38 bits per heavy atom. The van der Waals surface area contributed by atoms with Gasteiger partial charge in [-0.25, -0.2) is 4.39 Å². The maximum atomic E-state index is 13.2. The molecule has 1 aromatic rings. The van der Waals surface area contributed by atoms with Gasteiger partial charge in [-0.1, -0.05) is 22.9 Å². The van der Waals surface area contributed by atoms with E-state index in [1.807, 2.05) is 6.07 Å². The van der Waals surface area contributed by atoms with Crippen molar-refractivity contribution in [3.05, 3.63) is 34.1 Å². The van der Waals surface area contributed by atoms with Gasteiger partial charge < -0.3 is 5.32 Å². The standard InChI is InChI=1S/C13H17BrFN/c1-2-16-9-13(3-4-13)8-10-5-11(14)7-12(15)6-10/h5-7,16H,2-4,8-9H2,1H3. The fraction of sp³-hybridized carbons (Fsp3) is 0.538. The topological polar surface area (TPSA) is 12.0 Å². The summed E-state index contributed by atoms with van der Waals surface area (Å²) in [7, 11) is 0. The Hall–Kier alpha value is -0.410. The highest BCUT2D eigenvalue weighted by Gasteiger charge is 2.41. The van der Waals surface area contributed by atoms with Crippen molar-refractivity contribution in [2.24, 2.45) is 5.41 Å². The van der Waals surface area contributed by atoms with E-state index in [9.17, 15) is 4.39 Å². The Kier molecular flexibility index (Phi) is 3.65. The molecule has 0 bridgehead atoms. The fourth-order valence-corrected chi connectivity index (χ4v) is 2.64. The van der Waals surface area contributed by atoms with Crippen molar-refractivity contribution < 1.29 is 4.39 Å². The van der Waals surface area contributed by atoms with Gasteiger partial charge in [0.05, 0.1) is 0 Å². The van der Waals surface area contributed by atoms with Gasteiger partial charge in [-0.05, 0) is 55.0 Å². The lowest BCUT2D eigenvalue weighted by Crippen LogP contribution is -2.25. The second-order valence-corrected chi connectivity index (χ2v) is 5.65. The first-order valence-electron chi connectivity index (χ1n) is 5.79. The first-order valence-corrected chi connectivity index (χ1v) is 6.58. The highest BCUT2D eigenvalue weighted by atomic mass is 79.9. The number of nitrogens with one attached hydrogen (secondary N) is 1. The molecule has 1 aliphatic carbocycles. The molecular weight excluding hydrogens is 269 g/mol. The average molecular weight is 286 g/mol. The van der Waals surface area contributed by atoms with Crippen molar-refractivity contribution in [2.45, 2.75) is 26.2 Å². The lowest BCUT2D eigenvalue weighted by molar-refractivity contribution is 0.461. The van der Waals surface area contributed by atoms with Gasteiger partial charge in [-0.2, -0.15) is 0 Å². The van der Waals surface area contributed by atoms with Gasteiger partial charge in [0.25, 0.3) is 0 Å². The molecule has 0 atom stereocenters. The summed E-state index contributed by atoms with van der Waals surface area (Å²) in [5.41, 5.74) is 1.49. The van der Waals surface area contributed by atoms with Gasteiger partial charge >= 0.3 is 0 Å². The quantitative estimate of drug-likeness (QED) is 0.873. The van der Waals surface area contributed by atoms with E-state index in [4.69, 9.17) is 0 Å². The van der Waals surface area contributed by atoms with Gasteiger partial charge in [0.1, 0.15) is 5.82 Å². The molecule has 0 aliphatic heterocycles. The minimum atomic E-state index is -0.149. The van der Waals surface area contributed by atoms with E-state index in [1.54, 1.807) is 6.07 Å². The van der Waals surface area contributed by atoms with Crippen molar-refractivity contribution in [3.63, 3.8) is 0 Å². The summed E-state index contributed by atoms with van der Waals surface area (Å²) in [5, 5.41) is 3.40. The molecule has 1 saturated carbocycles. The van der Waals surface area contributed by atoms with Crippen molar-refractivity contribution in [1.82, 2.24) is 5.32 Å². The molecular formula is C13H17BrFN. The van der Waals surface area contributed by atoms with E-state index < -0.39 is 0 Å². The monoisotopic (exact) mass is 285 g/mol. The molecule has 16 heavy (non-hydrogen) atoms. The fourth-order valence-electron chi connectivity index (χ4n) is 2.13. The molecule has 0 heterocycles. The van der Waals surface area contributed by atoms with E-state index in [0.29, 0.717) is 5.41 Å². The number of rotatable bonds is 5. The smallest absolute Gasteiger partial charge is 0.124 e. The molecule has 1 fully saturated rings. The van der Waals surface area contributed by atoms with Gasteiger partial charge in [0, 0.05) is 11.0 Å². The number of hydrogen-bond acceptors (Lipinski definition) is 1. The average Bonchev–Trinajstić information content (AvgIpc) is 2.94. The van der Waals surface area contributed by atoms with Crippen molar-refractivity contribution in [3.8, 4) is 0 Å². The highest BCUT2D eigenvalue weighted by Crippen LogP contribution is 2.48. The third-order valence-electron chi connectivity index (χ3n) is 3.21. The molecule has 1 nitrogen and oxygen atoms in total. The van der Waals surface area contributed by atoms with Gasteiger partial charge in [-0.15, -0.1) is 0 Å². The Balaban J connectivity index is 2.03. The molecule has 0 radical (unpaired) electrons. The van der Waals surface area contributed by atoms with Crippen molar-refractivity contribution >= 4 is 15.9 Å². The Morgan fingerprint density at radius 2 is 2.12 bits per heavy atom. The molecule has 88 valence electrons. The first-order chi connectivity index (χ1) is 7.63. The summed E-state index contributed by atoms with van der Waals surface area (Å²) in [6.45, 7) is 4.18. The van der Waals surface area contributed by atoms with E-state index in [2.05, 4.69) is 28.2 Å².